The summed E-state index contributed by atoms with van der Waals surface area (Å²) in [6, 6.07) is 1.86. The molecule has 1 aromatic rings. The summed E-state index contributed by atoms with van der Waals surface area (Å²) in [6.45, 7) is 9.76. The lowest BCUT2D eigenvalue weighted by Crippen LogP contribution is -2.31. The summed E-state index contributed by atoms with van der Waals surface area (Å²) in [6.07, 6.45) is 6.21. The smallest absolute Gasteiger partial charge is 0.228 e. The van der Waals surface area contributed by atoms with Gasteiger partial charge in [0.05, 0.1) is 0 Å². The largest absolute Gasteiger partial charge is 0.309 e. The Morgan fingerprint density at radius 1 is 1.35 bits per heavy atom. The molecule has 4 heteroatoms. The van der Waals surface area contributed by atoms with Crippen molar-refractivity contribution in [1.29, 1.82) is 0 Å². The molecule has 1 aliphatic carbocycles. The van der Waals surface area contributed by atoms with Gasteiger partial charge < -0.3 is 5.32 Å². The van der Waals surface area contributed by atoms with Crippen molar-refractivity contribution in [2.45, 2.75) is 59.9 Å². The molecule has 0 aliphatic heterocycles. The minimum absolute atomic E-state index is 0.138. The highest BCUT2D eigenvalue weighted by atomic mass is 16.2. The molecule has 1 fully saturated rings. The average Bonchev–Trinajstić information content (AvgIpc) is 2.85. The molecular formula is C16H27N3O. The summed E-state index contributed by atoms with van der Waals surface area (Å²) in [7, 11) is 0. The van der Waals surface area contributed by atoms with Gasteiger partial charge in [0, 0.05) is 24.7 Å². The van der Waals surface area contributed by atoms with Crippen molar-refractivity contribution < 1.29 is 4.79 Å². The molecule has 1 amide bonds. The summed E-state index contributed by atoms with van der Waals surface area (Å²) in [5.74, 6) is 1.71. The molecule has 1 heterocycles. The Hall–Kier alpha value is -1.32. The number of anilines is 1. The lowest BCUT2D eigenvalue weighted by atomic mass is 9.70. The van der Waals surface area contributed by atoms with Gasteiger partial charge >= 0.3 is 0 Å². The predicted octanol–water partition coefficient (Wildman–Crippen LogP) is 3.69. The average molecular weight is 277 g/mol. The summed E-state index contributed by atoms with van der Waals surface area (Å²) in [4.78, 5) is 12.3. The van der Waals surface area contributed by atoms with E-state index >= 15 is 0 Å². The maximum atomic E-state index is 12.3. The van der Waals surface area contributed by atoms with Crippen LogP contribution in [-0.2, 0) is 11.3 Å². The maximum absolute atomic E-state index is 12.3. The molecule has 0 unspecified atom stereocenters. The van der Waals surface area contributed by atoms with E-state index in [1.54, 1.807) is 0 Å². The zero-order valence-corrected chi connectivity index (χ0v) is 13.1. The normalized spacial score (nSPS) is 23.6. The molecule has 4 nitrogen and oxygen atoms in total. The standard InChI is InChI=1S/C16H27N3O/c1-5-19-11-10-14(18-19)17-15(20)12-6-8-13(9-7-12)16(2,3)4/h10-13H,5-9H2,1-4H3,(H,17,18,20). The van der Waals surface area contributed by atoms with E-state index < -0.39 is 0 Å². The highest BCUT2D eigenvalue weighted by Crippen LogP contribution is 2.39. The van der Waals surface area contributed by atoms with Gasteiger partial charge in [-0.3, -0.25) is 9.48 Å². The number of amides is 1. The number of nitrogens with zero attached hydrogens (tertiary/aromatic N) is 2. The van der Waals surface area contributed by atoms with Crippen LogP contribution in [0.3, 0.4) is 0 Å². The third-order valence-corrected chi connectivity index (χ3v) is 4.54. The summed E-state index contributed by atoms with van der Waals surface area (Å²) in [5.41, 5.74) is 0.362. The van der Waals surface area contributed by atoms with Gasteiger partial charge in [-0.15, -0.1) is 0 Å². The van der Waals surface area contributed by atoms with Crippen molar-refractivity contribution in [2.75, 3.05) is 5.32 Å². The molecule has 1 aliphatic rings. The number of hydrogen-bond donors (Lipinski definition) is 1. The Balaban J connectivity index is 1.86. The second kappa shape index (κ2) is 5.98. The third kappa shape index (κ3) is 3.62. The van der Waals surface area contributed by atoms with Crippen LogP contribution in [0.1, 0.15) is 53.4 Å². The highest BCUT2D eigenvalue weighted by molar-refractivity contribution is 5.91. The highest BCUT2D eigenvalue weighted by Gasteiger charge is 2.32. The third-order valence-electron chi connectivity index (χ3n) is 4.54. The maximum Gasteiger partial charge on any atom is 0.228 e. The predicted molar refractivity (Wildman–Crippen MR) is 81.4 cm³/mol. The van der Waals surface area contributed by atoms with Gasteiger partial charge in [-0.1, -0.05) is 20.8 Å². The lowest BCUT2D eigenvalue weighted by molar-refractivity contribution is -0.121. The fourth-order valence-electron chi connectivity index (χ4n) is 3.05. The molecule has 0 aromatic carbocycles. The van der Waals surface area contributed by atoms with E-state index in [4.69, 9.17) is 0 Å². The molecule has 0 bridgehead atoms. The van der Waals surface area contributed by atoms with Crippen LogP contribution in [0.25, 0.3) is 0 Å². The first-order valence-corrected chi connectivity index (χ1v) is 7.74. The van der Waals surface area contributed by atoms with Crippen molar-refractivity contribution in [3.63, 3.8) is 0 Å². The van der Waals surface area contributed by atoms with E-state index in [9.17, 15) is 4.79 Å². The van der Waals surface area contributed by atoms with Crippen molar-refractivity contribution in [3.8, 4) is 0 Å². The van der Waals surface area contributed by atoms with Gasteiger partial charge in [0.15, 0.2) is 5.82 Å². The van der Waals surface area contributed by atoms with Crippen LogP contribution in [0, 0.1) is 17.3 Å². The Morgan fingerprint density at radius 3 is 2.50 bits per heavy atom. The van der Waals surface area contributed by atoms with Crippen LogP contribution >= 0.6 is 0 Å². The van der Waals surface area contributed by atoms with Crippen molar-refractivity contribution >= 4 is 11.7 Å². The fourth-order valence-corrected chi connectivity index (χ4v) is 3.05. The monoisotopic (exact) mass is 277 g/mol. The Labute approximate surface area is 121 Å². The first-order valence-electron chi connectivity index (χ1n) is 7.74. The van der Waals surface area contributed by atoms with Gasteiger partial charge in [0.2, 0.25) is 5.91 Å². The molecule has 0 saturated heterocycles. The van der Waals surface area contributed by atoms with Crippen molar-refractivity contribution in [3.05, 3.63) is 12.3 Å². The molecule has 0 radical (unpaired) electrons. The van der Waals surface area contributed by atoms with Crippen LogP contribution in [0.15, 0.2) is 12.3 Å². The summed E-state index contributed by atoms with van der Waals surface area (Å²) >= 11 is 0. The number of aromatic nitrogens is 2. The number of rotatable bonds is 3. The Bertz CT molecular complexity index is 451. The molecule has 1 aromatic heterocycles. The fraction of sp³-hybridized carbons (Fsp3) is 0.750. The molecular weight excluding hydrogens is 250 g/mol. The Morgan fingerprint density at radius 2 is 2.00 bits per heavy atom. The number of aryl methyl sites for hydroxylation is 1. The van der Waals surface area contributed by atoms with Crippen molar-refractivity contribution in [2.24, 2.45) is 17.3 Å². The van der Waals surface area contributed by atoms with Crippen LogP contribution in [-0.4, -0.2) is 15.7 Å². The quantitative estimate of drug-likeness (QED) is 0.915. The number of carbonyl (C=O) groups is 1. The zero-order valence-electron chi connectivity index (χ0n) is 13.1. The second-order valence-electron chi connectivity index (χ2n) is 6.96. The van der Waals surface area contributed by atoms with Gasteiger partial charge in [-0.05, 0) is 43.9 Å². The van der Waals surface area contributed by atoms with E-state index in [1.807, 2.05) is 23.9 Å². The molecule has 1 N–H and O–H groups in total. The minimum atomic E-state index is 0.138. The minimum Gasteiger partial charge on any atom is -0.309 e. The first-order chi connectivity index (χ1) is 9.40. The van der Waals surface area contributed by atoms with E-state index in [-0.39, 0.29) is 11.8 Å². The van der Waals surface area contributed by atoms with E-state index in [1.165, 1.54) is 0 Å². The van der Waals surface area contributed by atoms with Crippen molar-refractivity contribution in [1.82, 2.24) is 9.78 Å². The van der Waals surface area contributed by atoms with E-state index in [0.717, 1.165) is 38.1 Å². The SMILES string of the molecule is CCn1ccc(NC(=O)C2CCC(C(C)(C)C)CC2)n1. The Kier molecular flexibility index (Phi) is 4.51. The van der Waals surface area contributed by atoms with E-state index in [0.29, 0.717) is 11.2 Å². The van der Waals surface area contributed by atoms with Gasteiger partial charge in [0.25, 0.3) is 0 Å². The van der Waals surface area contributed by atoms with E-state index in [2.05, 4.69) is 31.2 Å². The van der Waals surface area contributed by atoms with Gasteiger partial charge in [-0.2, -0.15) is 5.10 Å². The second-order valence-corrected chi connectivity index (χ2v) is 6.96. The molecule has 112 valence electrons. The van der Waals surface area contributed by atoms with Gasteiger partial charge in [-0.25, -0.2) is 0 Å². The molecule has 0 atom stereocenters. The van der Waals surface area contributed by atoms with Crippen LogP contribution in [0.4, 0.5) is 5.82 Å². The number of hydrogen-bond acceptors (Lipinski definition) is 2. The number of nitrogens with one attached hydrogen (secondary N) is 1. The molecule has 0 spiro atoms. The molecule has 20 heavy (non-hydrogen) atoms. The zero-order chi connectivity index (χ0) is 14.8. The summed E-state index contributed by atoms with van der Waals surface area (Å²) < 4.78 is 1.83. The van der Waals surface area contributed by atoms with Gasteiger partial charge in [0.1, 0.15) is 0 Å². The lowest BCUT2D eigenvalue weighted by Gasteiger charge is -2.36. The number of carbonyl (C=O) groups excluding carboxylic acids is 1. The van der Waals surface area contributed by atoms with Crippen LogP contribution in [0.2, 0.25) is 0 Å². The molecule has 1 saturated carbocycles. The summed E-state index contributed by atoms with van der Waals surface area (Å²) in [5, 5.41) is 7.25. The molecule has 2 rings (SSSR count). The first kappa shape index (κ1) is 15.1. The van der Waals surface area contributed by atoms with Crippen LogP contribution < -0.4 is 5.32 Å². The van der Waals surface area contributed by atoms with Crippen LogP contribution in [0.5, 0.6) is 0 Å². The topological polar surface area (TPSA) is 46.9 Å².